The van der Waals surface area contributed by atoms with Gasteiger partial charge < -0.3 is 29.2 Å². The number of carbonyl (C=O) groups is 3. The van der Waals surface area contributed by atoms with Crippen LogP contribution in [0.25, 0.3) is 11.0 Å². The summed E-state index contributed by atoms with van der Waals surface area (Å²) in [6, 6.07) is 4.11. The molecule has 1 spiro atoms. The number of amides is 2. The van der Waals surface area contributed by atoms with Gasteiger partial charge in [-0.25, -0.2) is 14.8 Å². The van der Waals surface area contributed by atoms with Crippen molar-refractivity contribution in [2.75, 3.05) is 13.7 Å². The zero-order valence-electron chi connectivity index (χ0n) is 26.9. The molecule has 2 aliphatic carbocycles. The van der Waals surface area contributed by atoms with E-state index < -0.39 is 35.3 Å². The molecule has 2 aromatic rings. The summed E-state index contributed by atoms with van der Waals surface area (Å²) in [4.78, 5) is 51.7. The second-order valence-corrected chi connectivity index (χ2v) is 14.7. The van der Waals surface area contributed by atoms with E-state index in [0.29, 0.717) is 29.5 Å². The Balaban J connectivity index is 1.41. The molecule has 2 aliphatic heterocycles. The SMILES string of the molecule is CC[C@@H]1[C@@H]2CN(C(=O)[C@H](C(C)(C)C)NC(=O)O[C@]3(C)C[C@H]3CCCCC3(CC3)c3nc4ccc(OC)cc4nc3O2)[C@@H]1C=O. The maximum Gasteiger partial charge on any atom is 0.408 e. The fourth-order valence-corrected chi connectivity index (χ4v) is 7.40. The molecule has 1 aromatic carbocycles. The Hall–Kier alpha value is -3.43. The number of alkyl carbamates (subject to hydrolysis) is 1. The van der Waals surface area contributed by atoms with Crippen LogP contribution in [-0.4, -0.2) is 70.6 Å². The average Bonchev–Trinajstić information content (AvgIpc) is 3.86. The normalized spacial score (nSPS) is 32.0. The first-order valence-corrected chi connectivity index (χ1v) is 16.2. The zero-order chi connectivity index (χ0) is 31.4. The highest BCUT2D eigenvalue weighted by Gasteiger charge is 2.55. The molecule has 6 rings (SSSR count). The molecule has 2 amide bonds. The van der Waals surface area contributed by atoms with Crippen molar-refractivity contribution in [2.24, 2.45) is 17.3 Å². The number of methoxy groups -OCH3 is 1. The molecular formula is C34H46N4O6. The Morgan fingerprint density at radius 1 is 1.14 bits per heavy atom. The van der Waals surface area contributed by atoms with Crippen molar-refractivity contribution >= 4 is 29.3 Å². The van der Waals surface area contributed by atoms with Gasteiger partial charge in [-0.3, -0.25) is 4.79 Å². The van der Waals surface area contributed by atoms with E-state index in [1.54, 1.807) is 12.0 Å². The summed E-state index contributed by atoms with van der Waals surface area (Å²) >= 11 is 0. The summed E-state index contributed by atoms with van der Waals surface area (Å²) in [6.07, 6.45) is 7.26. The topological polar surface area (TPSA) is 120 Å². The van der Waals surface area contributed by atoms with Gasteiger partial charge in [-0.05, 0) is 63.0 Å². The lowest BCUT2D eigenvalue weighted by atomic mass is 9.85. The van der Waals surface area contributed by atoms with Crippen molar-refractivity contribution in [2.45, 2.75) is 115 Å². The van der Waals surface area contributed by atoms with E-state index in [1.165, 1.54) is 0 Å². The van der Waals surface area contributed by atoms with Crippen LogP contribution in [0.5, 0.6) is 11.6 Å². The van der Waals surface area contributed by atoms with E-state index >= 15 is 0 Å². The van der Waals surface area contributed by atoms with Crippen LogP contribution < -0.4 is 14.8 Å². The van der Waals surface area contributed by atoms with Crippen molar-refractivity contribution in [1.82, 2.24) is 20.2 Å². The molecule has 6 atom stereocenters. The quantitative estimate of drug-likeness (QED) is 0.465. The molecule has 1 aromatic heterocycles. The largest absolute Gasteiger partial charge is 0.497 e. The minimum atomic E-state index is -0.883. The van der Waals surface area contributed by atoms with Gasteiger partial charge in [0.05, 0.1) is 30.7 Å². The van der Waals surface area contributed by atoms with E-state index in [-0.39, 0.29) is 23.8 Å². The number of hydrogen-bond acceptors (Lipinski definition) is 8. The Bertz CT molecular complexity index is 1450. The first-order valence-electron chi connectivity index (χ1n) is 16.2. The van der Waals surface area contributed by atoms with Gasteiger partial charge in [-0.15, -0.1) is 0 Å². The second kappa shape index (κ2) is 11.2. The Morgan fingerprint density at radius 3 is 2.57 bits per heavy atom. The van der Waals surface area contributed by atoms with Crippen LogP contribution in [0.1, 0.15) is 91.7 Å². The smallest absolute Gasteiger partial charge is 0.408 e. The van der Waals surface area contributed by atoms with Crippen LogP contribution in [0.4, 0.5) is 4.79 Å². The van der Waals surface area contributed by atoms with Gasteiger partial charge in [0.15, 0.2) is 0 Å². The molecule has 238 valence electrons. The van der Waals surface area contributed by atoms with Crippen LogP contribution in [-0.2, 0) is 19.7 Å². The molecule has 0 unspecified atom stereocenters. The Kier molecular flexibility index (Phi) is 7.77. The molecule has 0 radical (unpaired) electrons. The van der Waals surface area contributed by atoms with Crippen molar-refractivity contribution in [3.8, 4) is 11.6 Å². The summed E-state index contributed by atoms with van der Waals surface area (Å²) < 4.78 is 18.1. The number of ether oxygens (including phenoxy) is 3. The fraction of sp³-hybridized carbons (Fsp3) is 0.676. The van der Waals surface area contributed by atoms with Gasteiger partial charge in [-0.2, -0.15) is 0 Å². The number of aldehydes is 1. The zero-order valence-corrected chi connectivity index (χ0v) is 26.9. The number of nitrogens with one attached hydrogen (secondary N) is 1. The lowest BCUT2D eigenvalue weighted by molar-refractivity contribution is -0.139. The number of nitrogens with zero attached hydrogens (tertiary/aromatic N) is 3. The lowest BCUT2D eigenvalue weighted by Gasteiger charge is -2.35. The number of fused-ring (bicyclic) bond motifs is 6. The minimum Gasteiger partial charge on any atom is -0.497 e. The molecule has 44 heavy (non-hydrogen) atoms. The number of carbonyl (C=O) groups excluding carboxylic acids is 3. The summed E-state index contributed by atoms with van der Waals surface area (Å²) in [5.74, 6) is 0.899. The standard InChI is InChI=1S/C34H46N4O6/c1-7-22-25(19-39)38-18-26(22)43-29-27(35-23-12-11-21(42-6)16-24(23)36-29)34(14-15-34)13-9-8-10-20-17-33(20,5)44-31(41)37-28(30(38)40)32(2,3)4/h11-12,16,19-20,22,25-26,28H,7-10,13-15,17-18H2,1-6H3,(H,37,41)/t20-,22+,25-,26+,28-,33-/m1/s1. The van der Waals surface area contributed by atoms with E-state index in [9.17, 15) is 14.4 Å². The Labute approximate surface area is 259 Å². The van der Waals surface area contributed by atoms with Crippen molar-refractivity contribution in [3.63, 3.8) is 0 Å². The molecule has 4 aliphatic rings. The molecular weight excluding hydrogens is 560 g/mol. The highest BCUT2D eigenvalue weighted by molar-refractivity contribution is 5.89. The van der Waals surface area contributed by atoms with Crippen LogP contribution >= 0.6 is 0 Å². The van der Waals surface area contributed by atoms with Gasteiger partial charge >= 0.3 is 6.09 Å². The third-order valence-electron chi connectivity index (χ3n) is 10.5. The summed E-state index contributed by atoms with van der Waals surface area (Å²) in [7, 11) is 1.62. The van der Waals surface area contributed by atoms with Crippen molar-refractivity contribution in [3.05, 3.63) is 23.9 Å². The van der Waals surface area contributed by atoms with Crippen LogP contribution in [0, 0.1) is 17.3 Å². The van der Waals surface area contributed by atoms with Crippen molar-refractivity contribution < 1.29 is 28.6 Å². The minimum absolute atomic E-state index is 0.109. The summed E-state index contributed by atoms with van der Waals surface area (Å²) in [5.41, 5.74) is 1.08. The van der Waals surface area contributed by atoms with Gasteiger partial charge in [0.25, 0.3) is 0 Å². The Morgan fingerprint density at radius 2 is 1.91 bits per heavy atom. The lowest BCUT2D eigenvalue weighted by Crippen LogP contribution is -2.56. The molecule has 3 fully saturated rings. The van der Waals surface area contributed by atoms with Crippen LogP contribution in [0.3, 0.4) is 0 Å². The number of benzene rings is 1. The first-order chi connectivity index (χ1) is 20.9. The fourth-order valence-electron chi connectivity index (χ4n) is 7.40. The van der Waals surface area contributed by atoms with Gasteiger partial charge in [0.1, 0.15) is 35.5 Å². The molecule has 1 N–H and O–H groups in total. The van der Waals surface area contributed by atoms with Gasteiger partial charge in [0, 0.05) is 23.3 Å². The summed E-state index contributed by atoms with van der Waals surface area (Å²) in [6.45, 7) is 9.90. The molecule has 10 nitrogen and oxygen atoms in total. The molecule has 3 heterocycles. The van der Waals surface area contributed by atoms with Gasteiger partial charge in [0.2, 0.25) is 11.8 Å². The van der Waals surface area contributed by atoms with Crippen LogP contribution in [0.2, 0.25) is 0 Å². The number of hydrogen-bond donors (Lipinski definition) is 1. The van der Waals surface area contributed by atoms with Crippen LogP contribution in [0.15, 0.2) is 18.2 Å². The predicted molar refractivity (Wildman–Crippen MR) is 165 cm³/mol. The highest BCUT2D eigenvalue weighted by Crippen LogP contribution is 2.55. The first kappa shape index (κ1) is 30.6. The third kappa shape index (κ3) is 5.60. The van der Waals surface area contributed by atoms with Crippen molar-refractivity contribution in [1.29, 1.82) is 0 Å². The number of rotatable bonds is 3. The monoisotopic (exact) mass is 606 g/mol. The maximum absolute atomic E-state index is 14.2. The average molecular weight is 607 g/mol. The predicted octanol–water partition coefficient (Wildman–Crippen LogP) is 5.35. The van der Waals surface area contributed by atoms with Gasteiger partial charge in [-0.1, -0.05) is 40.5 Å². The molecule has 2 saturated carbocycles. The highest BCUT2D eigenvalue weighted by atomic mass is 16.6. The summed E-state index contributed by atoms with van der Waals surface area (Å²) in [5, 5.41) is 2.88. The second-order valence-electron chi connectivity index (χ2n) is 14.7. The molecule has 2 bridgehead atoms. The van der Waals surface area contributed by atoms with E-state index in [4.69, 9.17) is 24.2 Å². The molecule has 1 saturated heterocycles. The molecule has 10 heteroatoms. The maximum atomic E-state index is 14.2. The van der Waals surface area contributed by atoms with E-state index in [0.717, 1.165) is 62.4 Å². The van der Waals surface area contributed by atoms with E-state index in [1.807, 2.05) is 52.8 Å². The third-order valence-corrected chi connectivity index (χ3v) is 10.5. The number of aromatic nitrogens is 2. The van der Waals surface area contributed by atoms with E-state index in [2.05, 4.69) is 5.32 Å².